The number of hydrogen-bond donors (Lipinski definition) is 1. The summed E-state index contributed by atoms with van der Waals surface area (Å²) in [4.78, 5) is 29.2. The standard InChI is InChI=1S/C19H26BrN3O3S/c1-11-16(19(2,3)4)23(18(25)26)7-6-22(11)9-12-8-13-15(27-12)14(20)10-21(5)17(13)24/h8,10-11,16H,6-7,9H2,1-5H3,(H,25,26). The number of rotatable bonds is 2. The Morgan fingerprint density at radius 1 is 1.37 bits per heavy atom. The summed E-state index contributed by atoms with van der Waals surface area (Å²) in [6.45, 7) is 10.3. The first-order valence-electron chi connectivity index (χ1n) is 9.02. The summed E-state index contributed by atoms with van der Waals surface area (Å²) in [6, 6.07) is 1.99. The molecule has 0 spiro atoms. The second kappa shape index (κ2) is 7.22. The normalized spacial score (nSPS) is 21.8. The summed E-state index contributed by atoms with van der Waals surface area (Å²) in [5.41, 5.74) is -0.151. The van der Waals surface area contributed by atoms with Gasteiger partial charge in [-0.25, -0.2) is 4.79 Å². The van der Waals surface area contributed by atoms with Gasteiger partial charge in [0.1, 0.15) is 0 Å². The summed E-state index contributed by atoms with van der Waals surface area (Å²) in [5, 5.41) is 10.3. The molecule has 2 atom stereocenters. The lowest BCUT2D eigenvalue weighted by molar-refractivity contribution is -0.0178. The number of halogens is 1. The van der Waals surface area contributed by atoms with Crippen molar-refractivity contribution >= 4 is 43.4 Å². The van der Waals surface area contributed by atoms with Gasteiger partial charge < -0.3 is 14.6 Å². The molecule has 1 aliphatic heterocycles. The van der Waals surface area contributed by atoms with Crippen LogP contribution in [-0.4, -0.2) is 50.7 Å². The number of thiophene rings is 1. The zero-order valence-corrected chi connectivity index (χ0v) is 18.7. The third-order valence-electron chi connectivity index (χ3n) is 5.35. The summed E-state index contributed by atoms with van der Waals surface area (Å²) >= 11 is 5.18. The van der Waals surface area contributed by atoms with Crippen LogP contribution in [-0.2, 0) is 13.6 Å². The molecule has 0 saturated carbocycles. The average molecular weight is 456 g/mol. The molecule has 2 aromatic heterocycles. The van der Waals surface area contributed by atoms with Crippen molar-refractivity contribution in [3.63, 3.8) is 0 Å². The zero-order chi connectivity index (χ0) is 20.1. The first-order valence-corrected chi connectivity index (χ1v) is 10.6. The van der Waals surface area contributed by atoms with Crippen LogP contribution >= 0.6 is 27.3 Å². The van der Waals surface area contributed by atoms with Crippen molar-refractivity contribution in [2.75, 3.05) is 13.1 Å². The van der Waals surface area contributed by atoms with E-state index in [-0.39, 0.29) is 23.1 Å². The van der Waals surface area contributed by atoms with E-state index in [1.165, 1.54) is 0 Å². The number of nitrogens with zero attached hydrogens (tertiary/aromatic N) is 3. The first kappa shape index (κ1) is 20.4. The number of hydrogen-bond acceptors (Lipinski definition) is 4. The lowest BCUT2D eigenvalue weighted by Crippen LogP contribution is -2.63. The van der Waals surface area contributed by atoms with Crippen molar-refractivity contribution < 1.29 is 9.90 Å². The minimum atomic E-state index is -0.851. The molecule has 2 aromatic rings. The predicted octanol–water partition coefficient (Wildman–Crippen LogP) is 3.96. The number of piperazine rings is 1. The van der Waals surface area contributed by atoms with Crippen LogP contribution in [0.2, 0.25) is 0 Å². The van der Waals surface area contributed by atoms with Gasteiger partial charge in [-0.2, -0.15) is 0 Å². The van der Waals surface area contributed by atoms with E-state index in [0.717, 1.165) is 26.0 Å². The Kier molecular flexibility index (Phi) is 5.44. The van der Waals surface area contributed by atoms with E-state index < -0.39 is 6.09 Å². The van der Waals surface area contributed by atoms with E-state index in [1.54, 1.807) is 34.0 Å². The number of pyridine rings is 1. The number of fused-ring (bicyclic) bond motifs is 1. The molecular weight excluding hydrogens is 430 g/mol. The summed E-state index contributed by atoms with van der Waals surface area (Å²) < 4.78 is 3.48. The van der Waals surface area contributed by atoms with Crippen molar-refractivity contribution in [2.24, 2.45) is 12.5 Å². The molecule has 0 radical (unpaired) electrons. The van der Waals surface area contributed by atoms with Gasteiger partial charge in [0.05, 0.1) is 20.6 Å². The van der Waals surface area contributed by atoms with E-state index in [9.17, 15) is 14.7 Å². The van der Waals surface area contributed by atoms with Gasteiger partial charge in [-0.05, 0) is 34.3 Å². The molecule has 1 amide bonds. The Bertz CT molecular complexity index is 931. The Morgan fingerprint density at radius 2 is 2.04 bits per heavy atom. The molecule has 1 N–H and O–H groups in total. The maximum atomic E-state index is 12.4. The molecule has 0 aromatic carbocycles. The minimum absolute atomic E-state index is 0.00649. The highest BCUT2D eigenvalue weighted by Gasteiger charge is 2.42. The summed E-state index contributed by atoms with van der Waals surface area (Å²) in [7, 11) is 1.75. The quantitative estimate of drug-likeness (QED) is 0.743. The van der Waals surface area contributed by atoms with Crippen LogP contribution in [0, 0.1) is 5.41 Å². The SMILES string of the molecule is CC1C(C(C)(C)C)N(C(=O)O)CCN1Cc1cc2c(=O)n(C)cc(Br)c2s1. The molecule has 2 unspecified atom stereocenters. The molecule has 1 fully saturated rings. The Morgan fingerprint density at radius 3 is 2.63 bits per heavy atom. The van der Waals surface area contributed by atoms with Crippen molar-refractivity contribution in [1.29, 1.82) is 0 Å². The van der Waals surface area contributed by atoms with Crippen LogP contribution < -0.4 is 5.56 Å². The van der Waals surface area contributed by atoms with Crippen LogP contribution in [0.25, 0.3) is 10.1 Å². The van der Waals surface area contributed by atoms with Gasteiger partial charge >= 0.3 is 6.09 Å². The molecule has 148 valence electrons. The highest BCUT2D eigenvalue weighted by molar-refractivity contribution is 9.10. The molecular formula is C19H26BrN3O3S. The lowest BCUT2D eigenvalue weighted by atomic mass is 9.80. The zero-order valence-electron chi connectivity index (χ0n) is 16.3. The van der Waals surface area contributed by atoms with Gasteiger partial charge in [0, 0.05) is 43.8 Å². The molecule has 8 heteroatoms. The Balaban J connectivity index is 1.91. The van der Waals surface area contributed by atoms with Crippen molar-refractivity contribution in [2.45, 2.75) is 46.3 Å². The van der Waals surface area contributed by atoms with Crippen LogP contribution in [0.15, 0.2) is 21.5 Å². The third kappa shape index (κ3) is 3.79. The van der Waals surface area contributed by atoms with E-state index >= 15 is 0 Å². The van der Waals surface area contributed by atoms with Gasteiger partial charge in [-0.1, -0.05) is 20.8 Å². The molecule has 1 saturated heterocycles. The largest absolute Gasteiger partial charge is 0.465 e. The topological polar surface area (TPSA) is 65.8 Å². The fraction of sp³-hybridized carbons (Fsp3) is 0.579. The predicted molar refractivity (Wildman–Crippen MR) is 113 cm³/mol. The van der Waals surface area contributed by atoms with Gasteiger partial charge in [-0.15, -0.1) is 11.3 Å². The van der Waals surface area contributed by atoms with Gasteiger partial charge in [0.2, 0.25) is 0 Å². The third-order valence-corrected chi connectivity index (χ3v) is 7.36. The van der Waals surface area contributed by atoms with Crippen LogP contribution in [0.3, 0.4) is 0 Å². The second-order valence-electron chi connectivity index (χ2n) is 8.35. The molecule has 3 heterocycles. The van der Waals surface area contributed by atoms with Crippen LogP contribution in [0.1, 0.15) is 32.6 Å². The Hall–Kier alpha value is -1.38. The van der Waals surface area contributed by atoms with Crippen molar-refractivity contribution in [3.05, 3.63) is 32.0 Å². The maximum Gasteiger partial charge on any atom is 0.407 e. The highest BCUT2D eigenvalue weighted by atomic mass is 79.9. The van der Waals surface area contributed by atoms with Gasteiger partial charge in [0.15, 0.2) is 0 Å². The molecule has 6 nitrogen and oxygen atoms in total. The van der Waals surface area contributed by atoms with Gasteiger partial charge in [0.25, 0.3) is 5.56 Å². The smallest absolute Gasteiger partial charge is 0.407 e. The molecule has 0 aliphatic carbocycles. The second-order valence-corrected chi connectivity index (χ2v) is 10.3. The van der Waals surface area contributed by atoms with E-state index in [2.05, 4.69) is 48.5 Å². The fourth-order valence-corrected chi connectivity index (χ4v) is 6.04. The monoisotopic (exact) mass is 455 g/mol. The van der Waals surface area contributed by atoms with Gasteiger partial charge in [-0.3, -0.25) is 9.69 Å². The molecule has 1 aliphatic rings. The number of carbonyl (C=O) groups is 1. The average Bonchev–Trinajstić information content (AvgIpc) is 2.97. The van der Waals surface area contributed by atoms with E-state index in [4.69, 9.17) is 0 Å². The van der Waals surface area contributed by atoms with Crippen molar-refractivity contribution in [1.82, 2.24) is 14.4 Å². The van der Waals surface area contributed by atoms with Crippen LogP contribution in [0.5, 0.6) is 0 Å². The molecule has 0 bridgehead atoms. The maximum absolute atomic E-state index is 12.4. The number of aryl methyl sites for hydroxylation is 1. The number of amides is 1. The van der Waals surface area contributed by atoms with E-state index in [1.807, 2.05) is 6.07 Å². The minimum Gasteiger partial charge on any atom is -0.465 e. The molecule has 27 heavy (non-hydrogen) atoms. The summed E-state index contributed by atoms with van der Waals surface area (Å²) in [5.74, 6) is 0. The first-order chi connectivity index (χ1) is 12.5. The fourth-order valence-electron chi connectivity index (χ4n) is 4.20. The highest BCUT2D eigenvalue weighted by Crippen LogP contribution is 2.35. The Labute approximate surface area is 171 Å². The van der Waals surface area contributed by atoms with Crippen LogP contribution in [0.4, 0.5) is 4.79 Å². The van der Waals surface area contributed by atoms with E-state index in [0.29, 0.717) is 13.1 Å². The molecule has 3 rings (SSSR count). The lowest BCUT2D eigenvalue weighted by Gasteiger charge is -2.50. The number of carboxylic acid groups (broad SMARTS) is 1. The number of aromatic nitrogens is 1. The van der Waals surface area contributed by atoms with Crippen molar-refractivity contribution in [3.8, 4) is 0 Å². The summed E-state index contributed by atoms with van der Waals surface area (Å²) in [6.07, 6.45) is 0.949.